The van der Waals surface area contributed by atoms with Crippen LogP contribution in [0.1, 0.15) is 63.8 Å². The minimum atomic E-state index is 0.118. The number of rotatable bonds is 4. The Labute approximate surface area is 131 Å². The van der Waals surface area contributed by atoms with Crippen LogP contribution in [-0.4, -0.2) is 51.1 Å². The molecule has 3 rings (SSSR count). The van der Waals surface area contributed by atoms with Crippen LogP contribution in [0.5, 0.6) is 0 Å². The molecule has 2 fully saturated rings. The van der Waals surface area contributed by atoms with Gasteiger partial charge in [0.25, 0.3) is 0 Å². The van der Waals surface area contributed by atoms with E-state index in [0.717, 1.165) is 32.4 Å². The van der Waals surface area contributed by atoms with Gasteiger partial charge in [0.1, 0.15) is 0 Å². The third kappa shape index (κ3) is 2.76. The van der Waals surface area contributed by atoms with E-state index < -0.39 is 0 Å². The van der Waals surface area contributed by atoms with Crippen molar-refractivity contribution in [3.05, 3.63) is 11.8 Å². The zero-order chi connectivity index (χ0) is 15.7. The maximum atomic E-state index is 12.2. The molecule has 0 aliphatic carbocycles. The predicted octanol–water partition coefficient (Wildman–Crippen LogP) is 2.30. The Morgan fingerprint density at radius 1 is 1.27 bits per heavy atom. The maximum Gasteiger partial charge on any atom is 0.233 e. The molecule has 1 aromatic heterocycles. The van der Waals surface area contributed by atoms with E-state index in [0.29, 0.717) is 30.3 Å². The summed E-state index contributed by atoms with van der Waals surface area (Å²) in [6, 6.07) is 0.884. The number of carbonyl (C=O) groups excluding carboxylic acids is 1. The first-order chi connectivity index (χ1) is 10.6. The van der Waals surface area contributed by atoms with E-state index in [1.165, 1.54) is 6.42 Å². The van der Waals surface area contributed by atoms with Crippen molar-refractivity contribution in [2.75, 3.05) is 13.1 Å². The summed E-state index contributed by atoms with van der Waals surface area (Å²) >= 11 is 0. The highest BCUT2D eigenvalue weighted by atomic mass is 16.4. The van der Waals surface area contributed by atoms with Gasteiger partial charge in [-0.05, 0) is 39.2 Å². The molecule has 0 spiro atoms. The van der Waals surface area contributed by atoms with E-state index in [1.54, 1.807) is 0 Å². The first kappa shape index (κ1) is 15.5. The molecule has 0 bridgehead atoms. The van der Waals surface area contributed by atoms with Crippen molar-refractivity contribution in [2.24, 2.45) is 0 Å². The van der Waals surface area contributed by atoms with Gasteiger partial charge >= 0.3 is 0 Å². The fourth-order valence-corrected chi connectivity index (χ4v) is 4.04. The molecule has 0 aromatic carbocycles. The average Bonchev–Trinajstić information content (AvgIpc) is 3.24. The molecule has 6 heteroatoms. The lowest BCUT2D eigenvalue weighted by Crippen LogP contribution is -2.48. The molecule has 22 heavy (non-hydrogen) atoms. The molecular weight excluding hydrogens is 280 g/mol. The summed E-state index contributed by atoms with van der Waals surface area (Å²) in [5.74, 6) is 1.59. The second-order valence-electron chi connectivity index (χ2n) is 6.43. The number of nitrogens with zero attached hydrogens (tertiary/aromatic N) is 4. The monoisotopic (exact) mass is 306 g/mol. The fourth-order valence-electron chi connectivity index (χ4n) is 4.04. The smallest absolute Gasteiger partial charge is 0.233 e. The number of likely N-dealkylation sites (tertiary alicyclic amines) is 2. The lowest BCUT2D eigenvalue weighted by Gasteiger charge is -2.37. The van der Waals surface area contributed by atoms with Gasteiger partial charge in [-0.25, -0.2) is 0 Å². The Balaban J connectivity index is 1.76. The Bertz CT molecular complexity index is 530. The molecule has 0 radical (unpaired) electrons. The molecular formula is C16H26N4O2. The number of amides is 1. The van der Waals surface area contributed by atoms with E-state index in [2.05, 4.69) is 26.9 Å². The Hall–Kier alpha value is -1.43. The van der Waals surface area contributed by atoms with E-state index in [4.69, 9.17) is 4.42 Å². The summed E-state index contributed by atoms with van der Waals surface area (Å²) < 4.78 is 5.62. The zero-order valence-electron chi connectivity index (χ0n) is 13.8. The van der Waals surface area contributed by atoms with Crippen molar-refractivity contribution < 1.29 is 9.21 Å². The largest absolute Gasteiger partial charge is 0.424 e. The summed E-state index contributed by atoms with van der Waals surface area (Å²) in [6.07, 6.45) is 5.15. The molecule has 122 valence electrons. The van der Waals surface area contributed by atoms with Gasteiger partial charge in [-0.3, -0.25) is 9.69 Å². The van der Waals surface area contributed by atoms with Gasteiger partial charge in [0.05, 0.1) is 6.04 Å². The maximum absolute atomic E-state index is 12.2. The quantitative estimate of drug-likeness (QED) is 0.854. The summed E-state index contributed by atoms with van der Waals surface area (Å²) in [6.45, 7) is 7.86. The molecule has 1 amide bonds. The van der Waals surface area contributed by atoms with Crippen molar-refractivity contribution in [3.63, 3.8) is 0 Å². The van der Waals surface area contributed by atoms with Gasteiger partial charge < -0.3 is 9.32 Å². The van der Waals surface area contributed by atoms with Crippen LogP contribution in [0.2, 0.25) is 0 Å². The molecule has 2 aliphatic heterocycles. The molecule has 2 saturated heterocycles. The summed E-state index contributed by atoms with van der Waals surface area (Å²) in [4.78, 5) is 16.8. The number of aromatic nitrogens is 2. The Kier molecular flexibility index (Phi) is 4.47. The van der Waals surface area contributed by atoms with Gasteiger partial charge in [-0.15, -0.1) is 10.2 Å². The highest BCUT2D eigenvalue weighted by Gasteiger charge is 2.41. The third-order valence-corrected chi connectivity index (χ3v) is 5.10. The van der Waals surface area contributed by atoms with Crippen molar-refractivity contribution >= 4 is 5.91 Å². The first-order valence-corrected chi connectivity index (χ1v) is 8.47. The van der Waals surface area contributed by atoms with Crippen molar-refractivity contribution in [3.8, 4) is 0 Å². The van der Waals surface area contributed by atoms with Crippen LogP contribution in [0.15, 0.2) is 4.42 Å². The minimum absolute atomic E-state index is 0.118. The van der Waals surface area contributed by atoms with Crippen LogP contribution < -0.4 is 0 Å². The van der Waals surface area contributed by atoms with Crippen LogP contribution >= 0.6 is 0 Å². The predicted molar refractivity (Wildman–Crippen MR) is 82.2 cm³/mol. The highest BCUT2D eigenvalue weighted by Crippen LogP contribution is 2.35. The molecule has 3 heterocycles. The third-order valence-electron chi connectivity index (χ3n) is 5.10. The summed E-state index contributed by atoms with van der Waals surface area (Å²) in [5, 5.41) is 8.13. The van der Waals surface area contributed by atoms with Gasteiger partial charge in [0.15, 0.2) is 0 Å². The van der Waals surface area contributed by atoms with Gasteiger partial charge in [-0.2, -0.15) is 0 Å². The second kappa shape index (κ2) is 6.36. The molecule has 1 aromatic rings. The molecule has 6 nitrogen and oxygen atoms in total. The summed E-state index contributed by atoms with van der Waals surface area (Å²) in [7, 11) is 0. The lowest BCUT2D eigenvalue weighted by atomic mass is 10.0. The van der Waals surface area contributed by atoms with E-state index in [1.807, 2.05) is 13.8 Å². The highest BCUT2D eigenvalue weighted by molar-refractivity contribution is 5.76. The molecule has 0 saturated carbocycles. The van der Waals surface area contributed by atoms with Crippen LogP contribution in [0.4, 0.5) is 0 Å². The van der Waals surface area contributed by atoms with E-state index in [-0.39, 0.29) is 11.9 Å². The number of hydrogen-bond acceptors (Lipinski definition) is 5. The minimum Gasteiger partial charge on any atom is -0.424 e. The first-order valence-electron chi connectivity index (χ1n) is 8.47. The number of aryl methyl sites for hydroxylation is 1. The van der Waals surface area contributed by atoms with Crippen LogP contribution in [0.25, 0.3) is 0 Å². The number of hydrogen-bond donors (Lipinski definition) is 0. The summed E-state index contributed by atoms with van der Waals surface area (Å²) in [5.41, 5.74) is 0. The normalized spacial score (nSPS) is 27.5. The van der Waals surface area contributed by atoms with Crippen molar-refractivity contribution in [2.45, 2.75) is 71.0 Å². The van der Waals surface area contributed by atoms with Crippen LogP contribution in [0.3, 0.4) is 0 Å². The fraction of sp³-hybridized carbons (Fsp3) is 0.812. The Morgan fingerprint density at radius 3 is 2.68 bits per heavy atom. The average molecular weight is 306 g/mol. The molecule has 0 unspecified atom stereocenters. The van der Waals surface area contributed by atoms with Gasteiger partial charge in [-0.1, -0.05) is 6.92 Å². The van der Waals surface area contributed by atoms with Crippen molar-refractivity contribution in [1.82, 2.24) is 20.0 Å². The second-order valence-corrected chi connectivity index (χ2v) is 6.43. The van der Waals surface area contributed by atoms with Crippen LogP contribution in [0, 0.1) is 6.92 Å². The topological polar surface area (TPSA) is 62.5 Å². The standard InChI is InChI=1S/C16H26N4O2/c1-4-15(21)20-10-6-8-14(20)13-7-5-9-19(13)11(2)16-18-17-12(3)22-16/h11,13-14H,4-10H2,1-3H3/t11-,13+,14-/m1/s1. The van der Waals surface area contributed by atoms with Gasteiger partial charge in [0.2, 0.25) is 17.7 Å². The zero-order valence-corrected chi connectivity index (χ0v) is 13.8. The van der Waals surface area contributed by atoms with Gasteiger partial charge in [0, 0.05) is 32.0 Å². The lowest BCUT2D eigenvalue weighted by molar-refractivity contribution is -0.132. The molecule has 3 atom stereocenters. The SMILES string of the molecule is CCC(=O)N1CCC[C@@H]1[C@@H]1CCCN1[C@H](C)c1nnc(C)o1. The van der Waals surface area contributed by atoms with E-state index in [9.17, 15) is 4.79 Å². The molecule has 2 aliphatic rings. The van der Waals surface area contributed by atoms with Crippen molar-refractivity contribution in [1.29, 1.82) is 0 Å². The van der Waals surface area contributed by atoms with E-state index >= 15 is 0 Å². The Morgan fingerprint density at radius 2 is 2.00 bits per heavy atom. The van der Waals surface area contributed by atoms with Crippen LogP contribution in [-0.2, 0) is 4.79 Å². The number of carbonyl (C=O) groups is 1. The molecule has 0 N–H and O–H groups in total.